The average Bonchev–Trinajstić information content (AvgIpc) is 2.67. The van der Waals surface area contributed by atoms with Gasteiger partial charge in [0.1, 0.15) is 22.8 Å². The van der Waals surface area contributed by atoms with E-state index in [1.807, 2.05) is 0 Å². The summed E-state index contributed by atoms with van der Waals surface area (Å²) in [6.07, 6.45) is -1.04. The molecule has 0 bridgehead atoms. The first-order valence-electron chi connectivity index (χ1n) is 7.87. The Morgan fingerprint density at radius 3 is 1.96 bits per heavy atom. The van der Waals surface area contributed by atoms with Crippen molar-refractivity contribution in [2.75, 3.05) is 26.6 Å². The number of anilines is 1. The van der Waals surface area contributed by atoms with Gasteiger partial charge < -0.3 is 24.3 Å². The minimum Gasteiger partial charge on any atom is -0.496 e. The van der Waals surface area contributed by atoms with Crippen LogP contribution >= 0.6 is 0 Å². The molecule has 2 rings (SSSR count). The lowest BCUT2D eigenvalue weighted by atomic mass is 10.1. The number of amides is 1. The Balaban J connectivity index is 2.13. The van der Waals surface area contributed by atoms with Crippen molar-refractivity contribution >= 4 is 17.6 Å². The number of nitrogens with one attached hydrogen (secondary N) is 1. The number of hydrogen-bond donors (Lipinski definition) is 1. The van der Waals surface area contributed by atoms with Crippen molar-refractivity contribution in [1.29, 1.82) is 0 Å². The summed E-state index contributed by atoms with van der Waals surface area (Å²) in [6, 6.07) is 11.9. The fourth-order valence-corrected chi connectivity index (χ4v) is 2.31. The number of carbonyl (C=O) groups excluding carboxylic acids is 2. The lowest BCUT2D eigenvalue weighted by molar-refractivity contribution is -0.123. The van der Waals surface area contributed by atoms with E-state index < -0.39 is 18.0 Å². The van der Waals surface area contributed by atoms with Gasteiger partial charge in [0.25, 0.3) is 5.91 Å². The van der Waals surface area contributed by atoms with E-state index in [1.54, 1.807) is 42.5 Å². The lowest BCUT2D eigenvalue weighted by Gasteiger charge is -2.17. The summed E-state index contributed by atoms with van der Waals surface area (Å²) in [5, 5.41) is 2.67. The molecule has 0 saturated carbocycles. The fraction of sp³-hybridized carbons (Fsp3) is 0.263. The molecule has 0 radical (unpaired) electrons. The predicted octanol–water partition coefficient (Wildman–Crippen LogP) is 2.90. The van der Waals surface area contributed by atoms with Crippen LogP contribution in [0.5, 0.6) is 17.2 Å². The van der Waals surface area contributed by atoms with Gasteiger partial charge in [-0.2, -0.15) is 0 Å². The molecule has 26 heavy (non-hydrogen) atoms. The molecule has 2 aromatic carbocycles. The molecular formula is C19H21NO6. The van der Waals surface area contributed by atoms with Crippen LogP contribution in [0, 0.1) is 0 Å². The van der Waals surface area contributed by atoms with Crippen LogP contribution in [-0.2, 0) is 9.53 Å². The first kappa shape index (κ1) is 19.1. The summed E-state index contributed by atoms with van der Waals surface area (Å²) in [5.41, 5.74) is 0.604. The monoisotopic (exact) mass is 359 g/mol. The molecule has 138 valence electrons. The number of esters is 1. The number of benzene rings is 2. The van der Waals surface area contributed by atoms with E-state index in [0.717, 1.165) is 0 Å². The molecule has 7 nitrogen and oxygen atoms in total. The Hall–Kier alpha value is -3.22. The molecule has 0 aliphatic carbocycles. The molecule has 0 heterocycles. The van der Waals surface area contributed by atoms with Crippen molar-refractivity contribution in [3.8, 4) is 17.2 Å². The van der Waals surface area contributed by atoms with Gasteiger partial charge in [0.15, 0.2) is 6.10 Å². The van der Waals surface area contributed by atoms with E-state index in [1.165, 1.54) is 28.3 Å². The Bertz CT molecular complexity index is 767. The molecule has 0 saturated heterocycles. The standard InChI is InChI=1S/C19H21NO6/c1-12(18(21)20-13-8-5-6-9-14(13)23-2)26-19(22)17-15(24-3)10-7-11-16(17)25-4/h5-12H,1-4H3,(H,20,21)/t12-/m1/s1. The van der Waals surface area contributed by atoms with E-state index in [4.69, 9.17) is 18.9 Å². The van der Waals surface area contributed by atoms with Crippen LogP contribution in [0.25, 0.3) is 0 Å². The van der Waals surface area contributed by atoms with Crippen LogP contribution in [-0.4, -0.2) is 39.3 Å². The molecule has 0 aliphatic rings. The topological polar surface area (TPSA) is 83.1 Å². The summed E-state index contributed by atoms with van der Waals surface area (Å²) < 4.78 is 20.8. The van der Waals surface area contributed by atoms with Crippen molar-refractivity contribution < 1.29 is 28.5 Å². The quantitative estimate of drug-likeness (QED) is 0.766. The lowest BCUT2D eigenvalue weighted by Crippen LogP contribution is -2.30. The number of para-hydroxylation sites is 2. The van der Waals surface area contributed by atoms with Gasteiger partial charge in [0.05, 0.1) is 27.0 Å². The third kappa shape index (κ3) is 4.24. The normalized spacial score (nSPS) is 11.2. The summed E-state index contributed by atoms with van der Waals surface area (Å²) in [6.45, 7) is 1.48. The van der Waals surface area contributed by atoms with Crippen molar-refractivity contribution in [2.45, 2.75) is 13.0 Å². The number of rotatable bonds is 7. The summed E-state index contributed by atoms with van der Waals surface area (Å²) >= 11 is 0. The third-order valence-electron chi connectivity index (χ3n) is 3.65. The zero-order chi connectivity index (χ0) is 19.1. The zero-order valence-electron chi connectivity index (χ0n) is 15.1. The Kier molecular flexibility index (Phi) is 6.43. The van der Waals surface area contributed by atoms with Crippen molar-refractivity contribution in [2.24, 2.45) is 0 Å². The summed E-state index contributed by atoms with van der Waals surface area (Å²) in [5.74, 6) is -0.108. The summed E-state index contributed by atoms with van der Waals surface area (Å²) in [7, 11) is 4.37. The van der Waals surface area contributed by atoms with Gasteiger partial charge >= 0.3 is 5.97 Å². The first-order chi connectivity index (χ1) is 12.5. The Morgan fingerprint density at radius 1 is 0.846 bits per heavy atom. The molecular weight excluding hydrogens is 338 g/mol. The SMILES string of the molecule is COc1ccccc1NC(=O)[C@@H](C)OC(=O)c1c(OC)cccc1OC. The smallest absolute Gasteiger partial charge is 0.346 e. The predicted molar refractivity (Wildman–Crippen MR) is 96.0 cm³/mol. The second-order valence-corrected chi connectivity index (χ2v) is 5.27. The highest BCUT2D eigenvalue weighted by Crippen LogP contribution is 2.29. The second kappa shape index (κ2) is 8.75. The highest BCUT2D eigenvalue weighted by atomic mass is 16.6. The van der Waals surface area contributed by atoms with Crippen LogP contribution in [0.2, 0.25) is 0 Å². The van der Waals surface area contributed by atoms with Crippen LogP contribution in [0.15, 0.2) is 42.5 Å². The first-order valence-corrected chi connectivity index (χ1v) is 7.87. The molecule has 1 amide bonds. The molecule has 2 aromatic rings. The molecule has 0 fully saturated rings. The van der Waals surface area contributed by atoms with Crippen LogP contribution in [0.1, 0.15) is 17.3 Å². The molecule has 1 N–H and O–H groups in total. The minimum atomic E-state index is -1.04. The molecule has 0 aromatic heterocycles. The van der Waals surface area contributed by atoms with Crippen molar-refractivity contribution in [3.63, 3.8) is 0 Å². The van der Waals surface area contributed by atoms with Gasteiger partial charge in [-0.3, -0.25) is 4.79 Å². The Labute approximate surface area is 151 Å². The second-order valence-electron chi connectivity index (χ2n) is 5.27. The van der Waals surface area contributed by atoms with Crippen LogP contribution in [0.4, 0.5) is 5.69 Å². The van der Waals surface area contributed by atoms with E-state index >= 15 is 0 Å². The Morgan fingerprint density at radius 2 is 1.38 bits per heavy atom. The van der Waals surface area contributed by atoms with Gasteiger partial charge in [0, 0.05) is 0 Å². The van der Waals surface area contributed by atoms with Gasteiger partial charge in [-0.25, -0.2) is 4.79 Å². The molecule has 1 atom stereocenters. The van der Waals surface area contributed by atoms with Crippen LogP contribution < -0.4 is 19.5 Å². The van der Waals surface area contributed by atoms with Crippen molar-refractivity contribution in [3.05, 3.63) is 48.0 Å². The van der Waals surface area contributed by atoms with Gasteiger partial charge in [-0.15, -0.1) is 0 Å². The fourth-order valence-electron chi connectivity index (χ4n) is 2.31. The minimum absolute atomic E-state index is 0.120. The summed E-state index contributed by atoms with van der Waals surface area (Å²) in [4.78, 5) is 24.9. The third-order valence-corrected chi connectivity index (χ3v) is 3.65. The number of hydrogen-bond acceptors (Lipinski definition) is 6. The maximum Gasteiger partial charge on any atom is 0.346 e. The van der Waals surface area contributed by atoms with E-state index in [0.29, 0.717) is 22.9 Å². The largest absolute Gasteiger partial charge is 0.496 e. The number of ether oxygens (including phenoxy) is 4. The molecule has 0 aliphatic heterocycles. The van der Waals surface area contributed by atoms with Crippen LogP contribution in [0.3, 0.4) is 0 Å². The highest BCUT2D eigenvalue weighted by molar-refractivity contribution is 6.00. The van der Waals surface area contributed by atoms with Gasteiger partial charge in [0.2, 0.25) is 0 Å². The number of methoxy groups -OCH3 is 3. The molecule has 0 unspecified atom stereocenters. The average molecular weight is 359 g/mol. The number of carbonyl (C=O) groups is 2. The maximum absolute atomic E-state index is 12.5. The van der Waals surface area contributed by atoms with Gasteiger partial charge in [-0.05, 0) is 31.2 Å². The zero-order valence-corrected chi connectivity index (χ0v) is 15.1. The highest BCUT2D eigenvalue weighted by Gasteiger charge is 2.25. The van der Waals surface area contributed by atoms with E-state index in [9.17, 15) is 9.59 Å². The molecule has 0 spiro atoms. The van der Waals surface area contributed by atoms with Crippen molar-refractivity contribution in [1.82, 2.24) is 0 Å². The molecule has 7 heteroatoms. The van der Waals surface area contributed by atoms with E-state index in [-0.39, 0.29) is 5.56 Å². The van der Waals surface area contributed by atoms with Gasteiger partial charge in [-0.1, -0.05) is 18.2 Å². The maximum atomic E-state index is 12.5. The van der Waals surface area contributed by atoms with E-state index in [2.05, 4.69) is 5.32 Å².